The normalized spacial score (nSPS) is 18.1. The Balaban J connectivity index is 2.86. The summed E-state index contributed by atoms with van der Waals surface area (Å²) in [7, 11) is -2.78. The number of nitrogens with zero attached hydrogens (tertiary/aromatic N) is 1. The number of aryl methyl sites for hydroxylation is 1. The molecule has 0 bridgehead atoms. The number of carbonyl (C=O) groups is 1. The molecule has 6 nitrogen and oxygen atoms in total. The SMILES string of the molecule is Cc1cc2c(s1)C(O)=C(C(=O)O)N(C)S2(=O)=O. The molecule has 2 rings (SSSR count). The van der Waals surface area contributed by atoms with Gasteiger partial charge in [0.25, 0.3) is 10.0 Å². The van der Waals surface area contributed by atoms with Gasteiger partial charge < -0.3 is 10.2 Å². The Hall–Kier alpha value is -1.54. The molecule has 0 aliphatic carbocycles. The Bertz CT molecular complexity index is 640. The number of carboxylic acids is 1. The van der Waals surface area contributed by atoms with Gasteiger partial charge in [0.1, 0.15) is 4.90 Å². The lowest BCUT2D eigenvalue weighted by atomic mass is 10.3. The molecule has 17 heavy (non-hydrogen) atoms. The number of aliphatic hydroxyl groups excluding tert-OH is 1. The zero-order valence-corrected chi connectivity index (χ0v) is 10.6. The number of fused-ring (bicyclic) bond motifs is 1. The Morgan fingerprint density at radius 1 is 1.47 bits per heavy atom. The Morgan fingerprint density at radius 3 is 2.59 bits per heavy atom. The van der Waals surface area contributed by atoms with E-state index in [1.807, 2.05) is 0 Å². The fourth-order valence-electron chi connectivity index (χ4n) is 1.61. The van der Waals surface area contributed by atoms with Crippen molar-refractivity contribution in [3.05, 3.63) is 21.5 Å². The monoisotopic (exact) mass is 275 g/mol. The molecule has 8 heteroatoms. The molecular weight excluding hydrogens is 266 g/mol. The summed E-state index contributed by atoms with van der Waals surface area (Å²) in [5.41, 5.74) is -0.626. The largest absolute Gasteiger partial charge is 0.504 e. The quantitative estimate of drug-likeness (QED) is 0.797. The Kier molecular flexibility index (Phi) is 2.44. The maximum atomic E-state index is 12.0. The maximum absolute atomic E-state index is 12.0. The van der Waals surface area contributed by atoms with E-state index in [1.165, 1.54) is 6.07 Å². The fourth-order valence-corrected chi connectivity index (χ4v) is 4.33. The first-order valence-electron chi connectivity index (χ1n) is 4.53. The highest BCUT2D eigenvalue weighted by molar-refractivity contribution is 7.89. The van der Waals surface area contributed by atoms with Crippen LogP contribution in [0.25, 0.3) is 5.76 Å². The van der Waals surface area contributed by atoms with Crippen LogP contribution in [0.15, 0.2) is 16.7 Å². The summed E-state index contributed by atoms with van der Waals surface area (Å²) in [6.45, 7) is 1.69. The van der Waals surface area contributed by atoms with E-state index >= 15 is 0 Å². The molecule has 1 aliphatic rings. The molecule has 0 radical (unpaired) electrons. The van der Waals surface area contributed by atoms with Crippen LogP contribution in [0.2, 0.25) is 0 Å². The molecule has 0 aromatic carbocycles. The van der Waals surface area contributed by atoms with Crippen molar-refractivity contribution in [3.63, 3.8) is 0 Å². The molecule has 0 unspecified atom stereocenters. The average molecular weight is 275 g/mol. The van der Waals surface area contributed by atoms with Gasteiger partial charge in [-0.15, -0.1) is 11.3 Å². The van der Waals surface area contributed by atoms with Crippen LogP contribution >= 0.6 is 11.3 Å². The first kappa shape index (κ1) is 11.9. The van der Waals surface area contributed by atoms with Crippen LogP contribution < -0.4 is 0 Å². The summed E-state index contributed by atoms with van der Waals surface area (Å²) < 4.78 is 24.6. The lowest BCUT2D eigenvalue weighted by Gasteiger charge is -2.24. The van der Waals surface area contributed by atoms with Gasteiger partial charge in [0.2, 0.25) is 0 Å². The first-order valence-corrected chi connectivity index (χ1v) is 6.78. The third-order valence-corrected chi connectivity index (χ3v) is 5.38. The van der Waals surface area contributed by atoms with Crippen LogP contribution in [-0.4, -0.2) is 36.0 Å². The molecule has 2 heterocycles. The predicted octanol–water partition coefficient (Wildman–Crippen LogP) is 1.00. The van der Waals surface area contributed by atoms with Gasteiger partial charge in [0, 0.05) is 11.9 Å². The highest BCUT2D eigenvalue weighted by atomic mass is 32.2. The smallest absolute Gasteiger partial charge is 0.357 e. The molecule has 1 aliphatic heterocycles. The van der Waals surface area contributed by atoms with Gasteiger partial charge in [-0.2, -0.15) is 0 Å². The summed E-state index contributed by atoms with van der Waals surface area (Å²) in [6.07, 6.45) is 0. The molecule has 0 spiro atoms. The average Bonchev–Trinajstić information content (AvgIpc) is 2.59. The summed E-state index contributed by atoms with van der Waals surface area (Å²) in [5, 5.41) is 18.7. The molecular formula is C9H9NO5S2. The highest BCUT2D eigenvalue weighted by Crippen LogP contribution is 2.39. The maximum Gasteiger partial charge on any atom is 0.357 e. The van der Waals surface area contributed by atoms with Gasteiger partial charge in [-0.25, -0.2) is 13.2 Å². The number of aliphatic carboxylic acids is 1. The minimum Gasteiger partial charge on any atom is -0.504 e. The standard InChI is InChI=1S/C9H9NO5S2/c1-4-3-5-8(16-4)7(11)6(9(12)13)10(2)17(5,14)15/h3,11H,1-2H3,(H,12,13). The minimum absolute atomic E-state index is 0.0509. The van der Waals surface area contributed by atoms with Crippen molar-refractivity contribution in [2.45, 2.75) is 11.8 Å². The third kappa shape index (κ3) is 1.52. The third-order valence-electron chi connectivity index (χ3n) is 2.42. The number of aliphatic hydroxyl groups is 1. The van der Waals surface area contributed by atoms with Gasteiger partial charge in [0.15, 0.2) is 11.5 Å². The second-order valence-corrected chi connectivity index (χ2v) is 6.72. The van der Waals surface area contributed by atoms with Crippen molar-refractivity contribution in [1.29, 1.82) is 0 Å². The second-order valence-electron chi connectivity index (χ2n) is 3.53. The van der Waals surface area contributed by atoms with Crippen molar-refractivity contribution < 1.29 is 23.4 Å². The number of likely N-dealkylation sites (N-methyl/N-ethyl adjacent to an activating group) is 1. The van der Waals surface area contributed by atoms with Gasteiger partial charge in [0.05, 0.1) is 4.88 Å². The first-order chi connectivity index (χ1) is 7.76. The van der Waals surface area contributed by atoms with Crippen molar-refractivity contribution in [2.75, 3.05) is 7.05 Å². The molecule has 2 N–H and O–H groups in total. The van der Waals surface area contributed by atoms with Crippen LogP contribution in [0.1, 0.15) is 9.75 Å². The van der Waals surface area contributed by atoms with Crippen LogP contribution in [0.5, 0.6) is 0 Å². The van der Waals surface area contributed by atoms with Gasteiger partial charge in [-0.05, 0) is 13.0 Å². The summed E-state index contributed by atoms with van der Waals surface area (Å²) in [6, 6.07) is 1.42. The summed E-state index contributed by atoms with van der Waals surface area (Å²) in [5.74, 6) is -1.99. The van der Waals surface area contributed by atoms with Gasteiger partial charge in [-0.3, -0.25) is 4.31 Å². The van der Waals surface area contributed by atoms with Gasteiger partial charge >= 0.3 is 5.97 Å². The highest BCUT2D eigenvalue weighted by Gasteiger charge is 2.39. The second kappa shape index (κ2) is 3.47. The molecule has 0 saturated carbocycles. The zero-order valence-electron chi connectivity index (χ0n) is 8.96. The number of hydrogen-bond donors (Lipinski definition) is 2. The van der Waals surface area contributed by atoms with Crippen LogP contribution in [0.4, 0.5) is 0 Å². The molecule has 1 aromatic rings. The van der Waals surface area contributed by atoms with E-state index < -0.39 is 27.4 Å². The number of hydrogen-bond acceptors (Lipinski definition) is 5. The molecule has 0 fully saturated rings. The number of thiophene rings is 1. The van der Waals surface area contributed by atoms with Crippen molar-refractivity contribution in [2.24, 2.45) is 0 Å². The number of rotatable bonds is 1. The van der Waals surface area contributed by atoms with Crippen LogP contribution in [0, 0.1) is 6.92 Å². The van der Waals surface area contributed by atoms with Crippen molar-refractivity contribution in [3.8, 4) is 0 Å². The minimum atomic E-state index is -3.88. The van der Waals surface area contributed by atoms with Crippen molar-refractivity contribution >= 4 is 33.1 Å². The number of carboxylic acid groups (broad SMARTS) is 1. The Labute approximate surface area is 101 Å². The summed E-state index contributed by atoms with van der Waals surface area (Å²) in [4.78, 5) is 11.7. The predicted molar refractivity (Wildman–Crippen MR) is 61.2 cm³/mol. The van der Waals surface area contributed by atoms with E-state index in [0.29, 0.717) is 9.18 Å². The fraction of sp³-hybridized carbons (Fsp3) is 0.222. The van der Waals surface area contributed by atoms with E-state index in [1.54, 1.807) is 6.92 Å². The topological polar surface area (TPSA) is 94.9 Å². The zero-order chi connectivity index (χ0) is 13.0. The Morgan fingerprint density at radius 2 is 2.06 bits per heavy atom. The number of sulfonamides is 1. The molecule has 0 amide bonds. The summed E-state index contributed by atoms with van der Waals surface area (Å²) >= 11 is 1.05. The molecule has 0 saturated heterocycles. The van der Waals surface area contributed by atoms with Crippen LogP contribution in [0.3, 0.4) is 0 Å². The van der Waals surface area contributed by atoms with E-state index in [-0.39, 0.29) is 9.77 Å². The van der Waals surface area contributed by atoms with Crippen LogP contribution in [-0.2, 0) is 14.8 Å². The molecule has 1 aromatic heterocycles. The van der Waals surface area contributed by atoms with Gasteiger partial charge in [-0.1, -0.05) is 0 Å². The lowest BCUT2D eigenvalue weighted by Crippen LogP contribution is -2.34. The lowest BCUT2D eigenvalue weighted by molar-refractivity contribution is -0.133. The molecule has 92 valence electrons. The van der Waals surface area contributed by atoms with E-state index in [2.05, 4.69) is 0 Å². The van der Waals surface area contributed by atoms with E-state index in [4.69, 9.17) is 5.11 Å². The van der Waals surface area contributed by atoms with E-state index in [9.17, 15) is 18.3 Å². The molecule has 0 atom stereocenters. The van der Waals surface area contributed by atoms with E-state index in [0.717, 1.165) is 18.4 Å². The van der Waals surface area contributed by atoms with Crippen molar-refractivity contribution in [1.82, 2.24) is 4.31 Å².